The second-order valence-electron chi connectivity index (χ2n) is 5.56. The van der Waals surface area contributed by atoms with Crippen molar-refractivity contribution in [3.8, 4) is 0 Å². The average molecular weight is 302 g/mol. The van der Waals surface area contributed by atoms with Crippen LogP contribution in [0.1, 0.15) is 30.8 Å². The molecule has 5 heteroatoms. The standard InChI is InChI=1S/C16H22N4S/c1-11(2)8-17-9-14-5-6-15(18-10-14)21-16-19-12(3)7-13(4)20-16/h5-7,10-11,17H,8-9H2,1-4H3. The SMILES string of the molecule is Cc1cc(C)nc(Sc2ccc(CNCC(C)C)cn2)n1. The van der Waals surface area contributed by atoms with E-state index in [1.165, 1.54) is 17.3 Å². The fraction of sp³-hybridized carbons (Fsp3) is 0.438. The van der Waals surface area contributed by atoms with Gasteiger partial charge in [-0.2, -0.15) is 0 Å². The number of rotatable bonds is 6. The van der Waals surface area contributed by atoms with Crippen LogP contribution in [-0.4, -0.2) is 21.5 Å². The largest absolute Gasteiger partial charge is 0.312 e. The summed E-state index contributed by atoms with van der Waals surface area (Å²) < 4.78 is 0. The zero-order chi connectivity index (χ0) is 15.2. The molecule has 2 rings (SSSR count). The van der Waals surface area contributed by atoms with E-state index in [0.29, 0.717) is 5.92 Å². The molecule has 0 unspecified atom stereocenters. The first-order valence-electron chi connectivity index (χ1n) is 7.18. The fourth-order valence-corrected chi connectivity index (χ4v) is 2.72. The average Bonchev–Trinajstić information content (AvgIpc) is 2.39. The first-order valence-corrected chi connectivity index (χ1v) is 8.00. The Bertz CT molecular complexity index is 561. The Morgan fingerprint density at radius 2 is 1.86 bits per heavy atom. The molecular weight excluding hydrogens is 280 g/mol. The first kappa shape index (κ1) is 15.9. The van der Waals surface area contributed by atoms with Crippen LogP contribution in [0.5, 0.6) is 0 Å². The third-order valence-electron chi connectivity index (χ3n) is 2.84. The van der Waals surface area contributed by atoms with E-state index in [-0.39, 0.29) is 0 Å². The van der Waals surface area contributed by atoms with E-state index in [1.54, 1.807) is 0 Å². The monoisotopic (exact) mass is 302 g/mol. The topological polar surface area (TPSA) is 50.7 Å². The van der Waals surface area contributed by atoms with Crippen LogP contribution < -0.4 is 5.32 Å². The number of aryl methyl sites for hydroxylation is 2. The lowest BCUT2D eigenvalue weighted by atomic mass is 10.2. The third kappa shape index (κ3) is 5.44. The van der Waals surface area contributed by atoms with Crippen LogP contribution in [0.25, 0.3) is 0 Å². The molecule has 0 bridgehead atoms. The number of nitrogens with one attached hydrogen (secondary N) is 1. The summed E-state index contributed by atoms with van der Waals surface area (Å²) in [6, 6.07) is 6.10. The minimum atomic E-state index is 0.662. The van der Waals surface area contributed by atoms with Gasteiger partial charge in [0.15, 0.2) is 5.16 Å². The van der Waals surface area contributed by atoms with Crippen molar-refractivity contribution in [2.24, 2.45) is 5.92 Å². The van der Waals surface area contributed by atoms with E-state index in [1.807, 2.05) is 32.2 Å². The quantitative estimate of drug-likeness (QED) is 0.829. The molecule has 4 nitrogen and oxygen atoms in total. The van der Waals surface area contributed by atoms with Gasteiger partial charge in [0.25, 0.3) is 0 Å². The van der Waals surface area contributed by atoms with Crippen LogP contribution in [-0.2, 0) is 6.54 Å². The lowest BCUT2D eigenvalue weighted by molar-refractivity contribution is 0.551. The number of hydrogen-bond acceptors (Lipinski definition) is 5. The molecular formula is C16H22N4S. The van der Waals surface area contributed by atoms with Gasteiger partial charge in [0.2, 0.25) is 0 Å². The van der Waals surface area contributed by atoms with Crippen LogP contribution in [0, 0.1) is 19.8 Å². The smallest absolute Gasteiger partial charge is 0.194 e. The predicted molar refractivity (Wildman–Crippen MR) is 86.4 cm³/mol. The van der Waals surface area contributed by atoms with Gasteiger partial charge in [0, 0.05) is 24.1 Å². The van der Waals surface area contributed by atoms with Gasteiger partial charge in [-0.3, -0.25) is 0 Å². The molecule has 21 heavy (non-hydrogen) atoms. The molecule has 1 N–H and O–H groups in total. The van der Waals surface area contributed by atoms with Crippen LogP contribution in [0.4, 0.5) is 0 Å². The first-order chi connectivity index (χ1) is 10.0. The molecule has 2 heterocycles. The zero-order valence-corrected chi connectivity index (χ0v) is 13.9. The molecule has 2 aromatic heterocycles. The molecule has 112 valence electrons. The van der Waals surface area contributed by atoms with Gasteiger partial charge in [0.05, 0.1) is 0 Å². The maximum absolute atomic E-state index is 4.47. The summed E-state index contributed by atoms with van der Waals surface area (Å²) in [6.07, 6.45) is 1.91. The lowest BCUT2D eigenvalue weighted by Crippen LogP contribution is -2.18. The molecule has 0 aromatic carbocycles. The highest BCUT2D eigenvalue weighted by Gasteiger charge is 2.04. The molecule has 0 atom stereocenters. The summed E-state index contributed by atoms with van der Waals surface area (Å²) in [5.74, 6) is 0.662. The molecule has 0 amide bonds. The molecule has 0 radical (unpaired) electrons. The van der Waals surface area contributed by atoms with Crippen molar-refractivity contribution in [3.63, 3.8) is 0 Å². The van der Waals surface area contributed by atoms with Gasteiger partial charge in [0.1, 0.15) is 5.03 Å². The van der Waals surface area contributed by atoms with Crippen molar-refractivity contribution in [3.05, 3.63) is 41.3 Å². The van der Waals surface area contributed by atoms with Crippen molar-refractivity contribution >= 4 is 11.8 Å². The molecule has 2 aromatic rings. The Kier molecular flexibility index (Phi) is 5.70. The molecule has 0 aliphatic rings. The molecule has 0 aliphatic heterocycles. The Balaban J connectivity index is 1.95. The highest BCUT2D eigenvalue weighted by atomic mass is 32.2. The summed E-state index contributed by atoms with van der Waals surface area (Å²) in [6.45, 7) is 10.2. The van der Waals surface area contributed by atoms with Gasteiger partial charge < -0.3 is 5.32 Å². The fourth-order valence-electron chi connectivity index (χ4n) is 1.91. The summed E-state index contributed by atoms with van der Waals surface area (Å²) in [5, 5.41) is 5.09. The van der Waals surface area contributed by atoms with E-state index in [9.17, 15) is 0 Å². The van der Waals surface area contributed by atoms with Crippen molar-refractivity contribution in [2.45, 2.75) is 44.4 Å². The highest BCUT2D eigenvalue weighted by molar-refractivity contribution is 7.99. The number of pyridine rings is 1. The molecule has 0 saturated carbocycles. The van der Waals surface area contributed by atoms with Crippen molar-refractivity contribution in [1.82, 2.24) is 20.3 Å². The van der Waals surface area contributed by atoms with E-state index in [0.717, 1.165) is 34.7 Å². The summed E-state index contributed by atoms with van der Waals surface area (Å²) in [7, 11) is 0. The maximum atomic E-state index is 4.47. The number of hydrogen-bond donors (Lipinski definition) is 1. The lowest BCUT2D eigenvalue weighted by Gasteiger charge is -2.07. The van der Waals surface area contributed by atoms with E-state index in [4.69, 9.17) is 0 Å². The van der Waals surface area contributed by atoms with Gasteiger partial charge in [-0.15, -0.1) is 0 Å². The number of aromatic nitrogens is 3. The van der Waals surface area contributed by atoms with E-state index in [2.05, 4.69) is 40.2 Å². The van der Waals surface area contributed by atoms with Gasteiger partial charge in [-0.1, -0.05) is 19.9 Å². The Morgan fingerprint density at radius 1 is 1.14 bits per heavy atom. The highest BCUT2D eigenvalue weighted by Crippen LogP contribution is 2.23. The minimum Gasteiger partial charge on any atom is -0.312 e. The van der Waals surface area contributed by atoms with E-state index < -0.39 is 0 Å². The Morgan fingerprint density at radius 3 is 2.43 bits per heavy atom. The molecule has 0 aliphatic carbocycles. The third-order valence-corrected chi connectivity index (χ3v) is 3.65. The summed E-state index contributed by atoms with van der Waals surface area (Å²) in [5.41, 5.74) is 3.17. The van der Waals surface area contributed by atoms with Crippen molar-refractivity contribution in [2.75, 3.05) is 6.54 Å². The normalized spacial score (nSPS) is 11.1. The minimum absolute atomic E-state index is 0.662. The predicted octanol–water partition coefficient (Wildman–Crippen LogP) is 3.39. The Hall–Kier alpha value is -1.46. The summed E-state index contributed by atoms with van der Waals surface area (Å²) >= 11 is 1.50. The van der Waals surface area contributed by atoms with Crippen LogP contribution >= 0.6 is 11.8 Å². The van der Waals surface area contributed by atoms with E-state index >= 15 is 0 Å². The molecule has 0 spiro atoms. The molecule has 0 fully saturated rings. The van der Waals surface area contributed by atoms with Gasteiger partial charge in [-0.05, 0) is 55.8 Å². The van der Waals surface area contributed by atoms with Crippen LogP contribution in [0.2, 0.25) is 0 Å². The van der Waals surface area contributed by atoms with Crippen LogP contribution in [0.15, 0.2) is 34.6 Å². The maximum Gasteiger partial charge on any atom is 0.194 e. The van der Waals surface area contributed by atoms with Gasteiger partial charge in [-0.25, -0.2) is 15.0 Å². The zero-order valence-electron chi connectivity index (χ0n) is 13.1. The van der Waals surface area contributed by atoms with Crippen LogP contribution in [0.3, 0.4) is 0 Å². The second-order valence-corrected chi connectivity index (χ2v) is 6.55. The van der Waals surface area contributed by atoms with Crippen molar-refractivity contribution in [1.29, 1.82) is 0 Å². The Labute approximate surface area is 130 Å². The van der Waals surface area contributed by atoms with Gasteiger partial charge >= 0.3 is 0 Å². The number of nitrogens with zero attached hydrogens (tertiary/aromatic N) is 3. The van der Waals surface area contributed by atoms with Crippen molar-refractivity contribution < 1.29 is 0 Å². The second kappa shape index (κ2) is 7.52. The molecule has 0 saturated heterocycles. The summed E-state index contributed by atoms with van der Waals surface area (Å²) in [4.78, 5) is 13.3.